The van der Waals surface area contributed by atoms with Crippen LogP contribution in [0.15, 0.2) is 24.3 Å². The van der Waals surface area contributed by atoms with Crippen LogP contribution in [0, 0.1) is 12.8 Å². The van der Waals surface area contributed by atoms with Crippen molar-refractivity contribution in [2.24, 2.45) is 5.92 Å². The zero-order chi connectivity index (χ0) is 13.4. The molecule has 0 fully saturated rings. The van der Waals surface area contributed by atoms with Crippen molar-refractivity contribution in [3.8, 4) is 0 Å². The third-order valence-electron chi connectivity index (χ3n) is 3.16. The van der Waals surface area contributed by atoms with Gasteiger partial charge < -0.3 is 5.32 Å². The van der Waals surface area contributed by atoms with E-state index in [1.807, 2.05) is 11.8 Å². The standard InChI is InChI=1S/C16H27NS/c1-13(2)11-17-12-16(9-10-18-4)15-7-5-14(3)6-8-15/h5-8,13,16-17H,9-12H2,1-4H3. The lowest BCUT2D eigenvalue weighted by Gasteiger charge is -2.19. The van der Waals surface area contributed by atoms with E-state index >= 15 is 0 Å². The Hall–Kier alpha value is -0.470. The third kappa shape index (κ3) is 5.92. The molecule has 18 heavy (non-hydrogen) atoms. The molecule has 0 heterocycles. The molecule has 0 saturated carbocycles. The molecule has 1 aromatic carbocycles. The Morgan fingerprint density at radius 2 is 1.78 bits per heavy atom. The monoisotopic (exact) mass is 265 g/mol. The maximum Gasteiger partial charge on any atom is 0.00205 e. The van der Waals surface area contributed by atoms with E-state index in [1.165, 1.54) is 23.3 Å². The summed E-state index contributed by atoms with van der Waals surface area (Å²) in [6, 6.07) is 9.03. The van der Waals surface area contributed by atoms with Gasteiger partial charge in [0.2, 0.25) is 0 Å². The van der Waals surface area contributed by atoms with Crippen LogP contribution in [0.5, 0.6) is 0 Å². The second-order valence-corrected chi connectivity index (χ2v) is 6.43. The second-order valence-electron chi connectivity index (χ2n) is 5.44. The van der Waals surface area contributed by atoms with Crippen molar-refractivity contribution in [1.29, 1.82) is 0 Å². The fraction of sp³-hybridized carbons (Fsp3) is 0.625. The molecule has 0 radical (unpaired) electrons. The summed E-state index contributed by atoms with van der Waals surface area (Å²) in [7, 11) is 0. The van der Waals surface area contributed by atoms with Crippen molar-refractivity contribution >= 4 is 11.8 Å². The first-order chi connectivity index (χ1) is 8.63. The highest BCUT2D eigenvalue weighted by molar-refractivity contribution is 7.98. The van der Waals surface area contributed by atoms with Gasteiger partial charge in [-0.25, -0.2) is 0 Å². The second kappa shape index (κ2) is 8.60. The normalized spacial score (nSPS) is 12.9. The van der Waals surface area contributed by atoms with E-state index in [2.05, 4.69) is 56.6 Å². The Labute approximate surface area is 117 Å². The van der Waals surface area contributed by atoms with Crippen LogP contribution in [0.3, 0.4) is 0 Å². The van der Waals surface area contributed by atoms with Crippen molar-refractivity contribution in [2.45, 2.75) is 33.1 Å². The highest BCUT2D eigenvalue weighted by Gasteiger charge is 2.11. The largest absolute Gasteiger partial charge is 0.316 e. The summed E-state index contributed by atoms with van der Waals surface area (Å²) >= 11 is 1.94. The minimum Gasteiger partial charge on any atom is -0.316 e. The Bertz CT molecular complexity index is 318. The van der Waals surface area contributed by atoms with Crippen LogP contribution in [-0.4, -0.2) is 25.1 Å². The number of aryl methyl sites for hydroxylation is 1. The zero-order valence-corrected chi connectivity index (χ0v) is 13.0. The SMILES string of the molecule is CSCCC(CNCC(C)C)c1ccc(C)cc1. The first kappa shape index (κ1) is 15.6. The Balaban J connectivity index is 2.56. The van der Waals surface area contributed by atoms with Gasteiger partial charge in [-0.3, -0.25) is 0 Å². The first-order valence-corrected chi connectivity index (χ1v) is 8.29. The van der Waals surface area contributed by atoms with Gasteiger partial charge in [-0.15, -0.1) is 0 Å². The van der Waals surface area contributed by atoms with Gasteiger partial charge in [0, 0.05) is 6.54 Å². The minimum absolute atomic E-state index is 0.650. The van der Waals surface area contributed by atoms with Gasteiger partial charge >= 0.3 is 0 Å². The van der Waals surface area contributed by atoms with E-state index in [-0.39, 0.29) is 0 Å². The quantitative estimate of drug-likeness (QED) is 0.760. The van der Waals surface area contributed by atoms with Crippen LogP contribution in [0.2, 0.25) is 0 Å². The molecule has 0 bridgehead atoms. The fourth-order valence-corrected chi connectivity index (χ4v) is 2.55. The average Bonchev–Trinajstić information content (AvgIpc) is 2.34. The number of benzene rings is 1. The molecule has 1 atom stereocenters. The van der Waals surface area contributed by atoms with Crippen molar-refractivity contribution in [3.63, 3.8) is 0 Å². The summed E-state index contributed by atoms with van der Waals surface area (Å²) in [5.74, 6) is 2.61. The van der Waals surface area contributed by atoms with E-state index in [0.29, 0.717) is 5.92 Å². The molecule has 0 aliphatic heterocycles. The third-order valence-corrected chi connectivity index (χ3v) is 3.81. The van der Waals surface area contributed by atoms with Gasteiger partial charge in [-0.1, -0.05) is 43.7 Å². The predicted molar refractivity (Wildman–Crippen MR) is 84.6 cm³/mol. The summed E-state index contributed by atoms with van der Waals surface area (Å²) in [5, 5.41) is 3.60. The van der Waals surface area contributed by atoms with Crippen molar-refractivity contribution < 1.29 is 0 Å². The van der Waals surface area contributed by atoms with Gasteiger partial charge in [0.05, 0.1) is 0 Å². The minimum atomic E-state index is 0.650. The number of hydrogen-bond donors (Lipinski definition) is 1. The molecule has 0 saturated heterocycles. The number of thioether (sulfide) groups is 1. The van der Waals surface area contributed by atoms with Crippen molar-refractivity contribution in [1.82, 2.24) is 5.32 Å². The van der Waals surface area contributed by atoms with Gasteiger partial charge in [0.1, 0.15) is 0 Å². The Morgan fingerprint density at radius 3 is 2.33 bits per heavy atom. The first-order valence-electron chi connectivity index (χ1n) is 6.89. The number of nitrogens with one attached hydrogen (secondary N) is 1. The van der Waals surface area contributed by atoms with Crippen LogP contribution in [0.25, 0.3) is 0 Å². The molecule has 0 amide bonds. The molecule has 1 rings (SSSR count). The van der Waals surface area contributed by atoms with Gasteiger partial charge in [0.15, 0.2) is 0 Å². The topological polar surface area (TPSA) is 12.0 Å². The molecule has 0 aliphatic rings. The average molecular weight is 265 g/mol. The molecule has 1 aromatic rings. The highest BCUT2D eigenvalue weighted by Crippen LogP contribution is 2.21. The van der Waals surface area contributed by atoms with E-state index in [1.54, 1.807) is 0 Å². The molecular formula is C16H27NS. The highest BCUT2D eigenvalue weighted by atomic mass is 32.2. The Kier molecular flexibility index (Phi) is 7.45. The van der Waals surface area contributed by atoms with E-state index in [9.17, 15) is 0 Å². The van der Waals surface area contributed by atoms with E-state index < -0.39 is 0 Å². The van der Waals surface area contributed by atoms with E-state index in [4.69, 9.17) is 0 Å². The van der Waals surface area contributed by atoms with Crippen molar-refractivity contribution in [3.05, 3.63) is 35.4 Å². The predicted octanol–water partition coefficient (Wildman–Crippen LogP) is 4.08. The summed E-state index contributed by atoms with van der Waals surface area (Å²) in [6.07, 6.45) is 3.45. The molecule has 2 heteroatoms. The molecule has 0 aromatic heterocycles. The smallest absolute Gasteiger partial charge is 0.00205 e. The van der Waals surface area contributed by atoms with Crippen molar-refractivity contribution in [2.75, 3.05) is 25.1 Å². The van der Waals surface area contributed by atoms with Crippen LogP contribution in [-0.2, 0) is 0 Å². The molecular weight excluding hydrogens is 238 g/mol. The number of rotatable bonds is 8. The fourth-order valence-electron chi connectivity index (χ4n) is 2.03. The molecule has 0 spiro atoms. The molecule has 1 nitrogen and oxygen atoms in total. The van der Waals surface area contributed by atoms with Crippen LogP contribution >= 0.6 is 11.8 Å². The van der Waals surface area contributed by atoms with Gasteiger partial charge in [-0.05, 0) is 49.3 Å². The van der Waals surface area contributed by atoms with Crippen LogP contribution < -0.4 is 5.32 Å². The molecule has 1 unspecified atom stereocenters. The maximum absolute atomic E-state index is 3.60. The zero-order valence-electron chi connectivity index (χ0n) is 12.2. The molecule has 102 valence electrons. The lowest BCUT2D eigenvalue weighted by molar-refractivity contribution is 0.511. The van der Waals surface area contributed by atoms with E-state index in [0.717, 1.165) is 19.0 Å². The number of hydrogen-bond acceptors (Lipinski definition) is 2. The van der Waals surface area contributed by atoms with Gasteiger partial charge in [0.25, 0.3) is 0 Å². The summed E-state index contributed by atoms with van der Waals surface area (Å²) in [6.45, 7) is 8.88. The van der Waals surface area contributed by atoms with Gasteiger partial charge in [-0.2, -0.15) is 11.8 Å². The molecule has 1 N–H and O–H groups in total. The summed E-state index contributed by atoms with van der Waals surface area (Å²) in [5.41, 5.74) is 2.82. The lowest BCUT2D eigenvalue weighted by atomic mass is 9.95. The molecule has 0 aliphatic carbocycles. The van der Waals surface area contributed by atoms with Crippen LogP contribution in [0.4, 0.5) is 0 Å². The lowest BCUT2D eigenvalue weighted by Crippen LogP contribution is -2.25. The maximum atomic E-state index is 3.60. The van der Waals surface area contributed by atoms with Crippen LogP contribution in [0.1, 0.15) is 37.3 Å². The summed E-state index contributed by atoms with van der Waals surface area (Å²) < 4.78 is 0. The Morgan fingerprint density at radius 1 is 1.11 bits per heavy atom. The summed E-state index contributed by atoms with van der Waals surface area (Å²) in [4.78, 5) is 0.